The monoisotopic (exact) mass is 302 g/mol. The van der Waals surface area contributed by atoms with Crippen LogP contribution < -0.4 is 5.32 Å². The first kappa shape index (κ1) is 16.5. The fourth-order valence-corrected chi connectivity index (χ4v) is 3.09. The smallest absolute Gasteiger partial charge is 0.227 e. The zero-order valence-corrected chi connectivity index (χ0v) is 14.2. The van der Waals surface area contributed by atoms with Crippen molar-refractivity contribution in [2.45, 2.75) is 47.5 Å². The molecule has 0 bridgehead atoms. The van der Waals surface area contributed by atoms with Gasteiger partial charge in [0.2, 0.25) is 11.8 Å². The van der Waals surface area contributed by atoms with Crippen LogP contribution in [0.4, 0.5) is 5.69 Å². The summed E-state index contributed by atoms with van der Waals surface area (Å²) in [5.74, 6) is 0.175. The minimum absolute atomic E-state index is 0.00443. The molecule has 4 heteroatoms. The Kier molecular flexibility index (Phi) is 4.89. The van der Waals surface area contributed by atoms with Crippen molar-refractivity contribution in [3.63, 3.8) is 0 Å². The van der Waals surface area contributed by atoms with E-state index in [1.54, 1.807) is 6.92 Å². The highest BCUT2D eigenvalue weighted by atomic mass is 16.2. The van der Waals surface area contributed by atoms with E-state index in [2.05, 4.69) is 39.1 Å². The maximum atomic E-state index is 12.6. The number of carbonyl (C=O) groups excluding carboxylic acids is 2. The second-order valence-corrected chi connectivity index (χ2v) is 6.40. The highest BCUT2D eigenvalue weighted by Gasteiger charge is 2.26. The Morgan fingerprint density at radius 2 is 1.55 bits per heavy atom. The van der Waals surface area contributed by atoms with Crippen molar-refractivity contribution in [3.8, 4) is 0 Å². The van der Waals surface area contributed by atoms with E-state index in [0.29, 0.717) is 13.1 Å². The largest absolute Gasteiger partial charge is 0.343 e. The molecule has 0 unspecified atom stereocenters. The minimum Gasteiger partial charge on any atom is -0.343 e. The summed E-state index contributed by atoms with van der Waals surface area (Å²) in [7, 11) is 0. The van der Waals surface area contributed by atoms with E-state index < -0.39 is 0 Å². The maximum absolute atomic E-state index is 12.6. The molecule has 2 amide bonds. The number of piperidine rings is 1. The molecular weight excluding hydrogens is 276 g/mol. The molecular formula is C18H26N2O2. The van der Waals surface area contributed by atoms with Gasteiger partial charge in [0.1, 0.15) is 0 Å². The van der Waals surface area contributed by atoms with Gasteiger partial charge in [0.05, 0.1) is 0 Å². The molecule has 0 aromatic heterocycles. The lowest BCUT2D eigenvalue weighted by Crippen LogP contribution is -2.40. The second-order valence-electron chi connectivity index (χ2n) is 6.40. The van der Waals surface area contributed by atoms with Crippen molar-refractivity contribution in [3.05, 3.63) is 28.3 Å². The van der Waals surface area contributed by atoms with Crippen LogP contribution in [0.15, 0.2) is 6.07 Å². The lowest BCUT2D eigenvalue weighted by molar-refractivity contribution is -0.132. The molecule has 1 aromatic rings. The molecule has 1 N–H and O–H groups in total. The van der Waals surface area contributed by atoms with Crippen LogP contribution in [0.1, 0.15) is 42.0 Å². The molecule has 1 aromatic carbocycles. The zero-order chi connectivity index (χ0) is 16.4. The van der Waals surface area contributed by atoms with Gasteiger partial charge in [-0.25, -0.2) is 0 Å². The first-order valence-electron chi connectivity index (χ1n) is 7.95. The third-order valence-electron chi connectivity index (χ3n) is 4.93. The quantitative estimate of drug-likeness (QED) is 0.912. The Hall–Kier alpha value is -1.84. The van der Waals surface area contributed by atoms with Gasteiger partial charge >= 0.3 is 0 Å². The third kappa shape index (κ3) is 3.32. The molecule has 0 spiro atoms. The number of hydrogen-bond donors (Lipinski definition) is 1. The molecule has 0 aliphatic carbocycles. The topological polar surface area (TPSA) is 49.4 Å². The van der Waals surface area contributed by atoms with E-state index in [0.717, 1.165) is 29.7 Å². The lowest BCUT2D eigenvalue weighted by Gasteiger charge is -2.31. The number of benzene rings is 1. The van der Waals surface area contributed by atoms with Crippen LogP contribution in [0.25, 0.3) is 0 Å². The van der Waals surface area contributed by atoms with Gasteiger partial charge in [-0.05, 0) is 62.8 Å². The summed E-state index contributed by atoms with van der Waals surface area (Å²) in [5, 5.41) is 3.13. The van der Waals surface area contributed by atoms with Crippen LogP contribution in [-0.2, 0) is 9.59 Å². The number of aryl methyl sites for hydroxylation is 2. The number of carbonyl (C=O) groups is 2. The highest BCUT2D eigenvalue weighted by molar-refractivity contribution is 5.94. The van der Waals surface area contributed by atoms with Crippen molar-refractivity contribution in [1.82, 2.24) is 4.90 Å². The number of amides is 2. The Labute approximate surface area is 132 Å². The Bertz CT molecular complexity index is 573. The first-order valence-corrected chi connectivity index (χ1v) is 7.95. The van der Waals surface area contributed by atoms with Crippen LogP contribution in [0.5, 0.6) is 0 Å². The molecule has 2 rings (SSSR count). The maximum Gasteiger partial charge on any atom is 0.227 e. The average molecular weight is 302 g/mol. The van der Waals surface area contributed by atoms with Crippen LogP contribution in [0.2, 0.25) is 0 Å². The fraction of sp³-hybridized carbons (Fsp3) is 0.556. The number of nitrogens with zero attached hydrogens (tertiary/aromatic N) is 1. The van der Waals surface area contributed by atoms with E-state index in [-0.39, 0.29) is 17.7 Å². The van der Waals surface area contributed by atoms with Crippen molar-refractivity contribution in [2.24, 2.45) is 5.92 Å². The SMILES string of the molecule is CC(=O)N1CCC(C(=O)Nc2c(C)c(C)cc(C)c2C)CC1. The summed E-state index contributed by atoms with van der Waals surface area (Å²) in [4.78, 5) is 25.7. The van der Waals surface area contributed by atoms with Crippen LogP contribution in [0.3, 0.4) is 0 Å². The van der Waals surface area contributed by atoms with Crippen LogP contribution >= 0.6 is 0 Å². The Balaban J connectivity index is 2.09. The lowest BCUT2D eigenvalue weighted by atomic mass is 9.94. The molecule has 120 valence electrons. The molecule has 4 nitrogen and oxygen atoms in total. The van der Waals surface area contributed by atoms with E-state index in [4.69, 9.17) is 0 Å². The van der Waals surface area contributed by atoms with Crippen molar-refractivity contribution < 1.29 is 9.59 Å². The van der Waals surface area contributed by atoms with Gasteiger partial charge in [-0.1, -0.05) is 6.07 Å². The summed E-state index contributed by atoms with van der Waals surface area (Å²) in [6.07, 6.45) is 1.49. The molecule has 1 heterocycles. The molecule has 1 saturated heterocycles. The van der Waals surface area contributed by atoms with Gasteiger partial charge in [-0.15, -0.1) is 0 Å². The predicted molar refractivity (Wildman–Crippen MR) is 89.0 cm³/mol. The average Bonchev–Trinajstić information content (AvgIpc) is 2.49. The predicted octanol–water partition coefficient (Wildman–Crippen LogP) is 3.12. The number of likely N-dealkylation sites (tertiary alicyclic amines) is 1. The first-order chi connectivity index (χ1) is 10.3. The highest BCUT2D eigenvalue weighted by Crippen LogP contribution is 2.28. The third-order valence-corrected chi connectivity index (χ3v) is 4.93. The summed E-state index contributed by atoms with van der Waals surface area (Å²) in [5.41, 5.74) is 5.63. The fourth-order valence-electron chi connectivity index (χ4n) is 3.09. The molecule has 0 saturated carbocycles. The van der Waals surface area contributed by atoms with Gasteiger partial charge in [0, 0.05) is 31.6 Å². The Morgan fingerprint density at radius 1 is 1.05 bits per heavy atom. The van der Waals surface area contributed by atoms with Gasteiger partial charge in [-0.3, -0.25) is 9.59 Å². The number of anilines is 1. The normalized spacial score (nSPS) is 15.8. The van der Waals surface area contributed by atoms with Gasteiger partial charge < -0.3 is 10.2 Å². The molecule has 22 heavy (non-hydrogen) atoms. The minimum atomic E-state index is -0.00443. The number of hydrogen-bond acceptors (Lipinski definition) is 2. The van der Waals surface area contributed by atoms with Gasteiger partial charge in [0.25, 0.3) is 0 Å². The molecule has 0 atom stereocenters. The Morgan fingerprint density at radius 3 is 2.00 bits per heavy atom. The van der Waals surface area contributed by atoms with Crippen LogP contribution in [-0.4, -0.2) is 29.8 Å². The van der Waals surface area contributed by atoms with Crippen LogP contribution in [0, 0.1) is 33.6 Å². The number of nitrogens with one attached hydrogen (secondary N) is 1. The second kappa shape index (κ2) is 6.51. The van der Waals surface area contributed by atoms with Crippen molar-refractivity contribution >= 4 is 17.5 Å². The van der Waals surface area contributed by atoms with Gasteiger partial charge in [0.15, 0.2) is 0 Å². The number of rotatable bonds is 2. The molecule has 1 aliphatic rings. The van der Waals surface area contributed by atoms with Crippen molar-refractivity contribution in [2.75, 3.05) is 18.4 Å². The van der Waals surface area contributed by atoms with E-state index in [9.17, 15) is 9.59 Å². The van der Waals surface area contributed by atoms with E-state index in [1.165, 1.54) is 11.1 Å². The van der Waals surface area contributed by atoms with E-state index in [1.807, 2.05) is 4.90 Å². The van der Waals surface area contributed by atoms with E-state index >= 15 is 0 Å². The molecule has 1 aliphatic heterocycles. The standard InChI is InChI=1S/C18H26N2O2/c1-11-10-12(2)14(4)17(13(11)3)19-18(22)16-6-8-20(9-7-16)15(5)21/h10,16H,6-9H2,1-5H3,(H,19,22). The summed E-state index contributed by atoms with van der Waals surface area (Å²) < 4.78 is 0. The molecule has 0 radical (unpaired) electrons. The zero-order valence-electron chi connectivity index (χ0n) is 14.2. The summed E-state index contributed by atoms with van der Waals surface area (Å²) >= 11 is 0. The summed E-state index contributed by atoms with van der Waals surface area (Å²) in [6, 6.07) is 2.16. The molecule has 1 fully saturated rings. The van der Waals surface area contributed by atoms with Crippen molar-refractivity contribution in [1.29, 1.82) is 0 Å². The van der Waals surface area contributed by atoms with Gasteiger partial charge in [-0.2, -0.15) is 0 Å². The summed E-state index contributed by atoms with van der Waals surface area (Å²) in [6.45, 7) is 11.2.